The van der Waals surface area contributed by atoms with Gasteiger partial charge in [0.25, 0.3) is 0 Å². The number of likely N-dealkylation sites (tertiary alicyclic amines) is 1. The SMILES string of the molecule is CC(C)C1CN(CC2CCN(C)CC2)C(=O)N1c1ccn2ncc(-c3ccc(-c4ncc[nH]4)cc3)c2n1. The molecule has 2 aliphatic heterocycles. The number of hydrogen-bond acceptors (Lipinski definition) is 5. The van der Waals surface area contributed by atoms with Crippen molar-refractivity contribution >= 4 is 17.5 Å². The van der Waals surface area contributed by atoms with Gasteiger partial charge < -0.3 is 14.8 Å². The van der Waals surface area contributed by atoms with Crippen LogP contribution in [0, 0.1) is 11.8 Å². The van der Waals surface area contributed by atoms with Gasteiger partial charge in [0.1, 0.15) is 11.6 Å². The molecular formula is C28H34N8O. The van der Waals surface area contributed by atoms with Crippen molar-refractivity contribution in [1.82, 2.24) is 34.4 Å². The van der Waals surface area contributed by atoms with Crippen molar-refractivity contribution in [3.8, 4) is 22.5 Å². The fourth-order valence-corrected chi connectivity index (χ4v) is 5.59. The lowest BCUT2D eigenvalue weighted by molar-refractivity contribution is 0.173. The van der Waals surface area contributed by atoms with E-state index in [0.717, 1.165) is 67.2 Å². The van der Waals surface area contributed by atoms with Crippen molar-refractivity contribution in [2.24, 2.45) is 11.8 Å². The Morgan fingerprint density at radius 3 is 2.54 bits per heavy atom. The number of nitrogens with one attached hydrogen (secondary N) is 1. The molecule has 2 aliphatic rings. The Labute approximate surface area is 217 Å². The van der Waals surface area contributed by atoms with Crippen molar-refractivity contribution in [3.05, 3.63) is 55.1 Å². The molecule has 4 aromatic rings. The highest BCUT2D eigenvalue weighted by atomic mass is 16.2. The number of nitrogens with zero attached hydrogens (tertiary/aromatic N) is 7. The molecule has 2 amide bonds. The van der Waals surface area contributed by atoms with E-state index in [0.29, 0.717) is 17.7 Å². The van der Waals surface area contributed by atoms with Crippen molar-refractivity contribution in [3.63, 3.8) is 0 Å². The second kappa shape index (κ2) is 9.63. The van der Waals surface area contributed by atoms with Crippen LogP contribution >= 0.6 is 0 Å². The first kappa shape index (κ1) is 23.7. The van der Waals surface area contributed by atoms with Crippen LogP contribution in [0.4, 0.5) is 10.6 Å². The number of urea groups is 1. The molecule has 0 spiro atoms. The molecule has 2 saturated heterocycles. The first-order chi connectivity index (χ1) is 18.0. The molecule has 0 radical (unpaired) electrons. The van der Waals surface area contributed by atoms with Crippen molar-refractivity contribution in [1.29, 1.82) is 0 Å². The van der Waals surface area contributed by atoms with E-state index in [2.05, 4.69) is 57.9 Å². The molecule has 5 heterocycles. The number of imidazole rings is 1. The van der Waals surface area contributed by atoms with Crippen LogP contribution in [-0.4, -0.2) is 79.7 Å². The molecule has 1 unspecified atom stereocenters. The Balaban J connectivity index is 1.29. The number of piperidine rings is 1. The molecule has 1 N–H and O–H groups in total. The van der Waals surface area contributed by atoms with Crippen LogP contribution in [0.3, 0.4) is 0 Å². The number of hydrogen-bond donors (Lipinski definition) is 1. The third-order valence-electron chi connectivity index (χ3n) is 7.87. The van der Waals surface area contributed by atoms with Crippen LogP contribution in [-0.2, 0) is 0 Å². The fraction of sp³-hybridized carbons (Fsp3) is 0.429. The number of benzene rings is 1. The monoisotopic (exact) mass is 498 g/mol. The zero-order chi connectivity index (χ0) is 25.5. The first-order valence-electron chi connectivity index (χ1n) is 13.2. The lowest BCUT2D eigenvalue weighted by atomic mass is 9.96. The van der Waals surface area contributed by atoms with Gasteiger partial charge in [-0.25, -0.2) is 19.3 Å². The van der Waals surface area contributed by atoms with Crippen LogP contribution in [0.5, 0.6) is 0 Å². The topological polar surface area (TPSA) is 85.7 Å². The van der Waals surface area contributed by atoms with Gasteiger partial charge in [-0.3, -0.25) is 4.90 Å². The summed E-state index contributed by atoms with van der Waals surface area (Å²) in [6, 6.07) is 10.3. The Morgan fingerprint density at radius 2 is 1.84 bits per heavy atom. The highest BCUT2D eigenvalue weighted by Gasteiger charge is 2.41. The van der Waals surface area contributed by atoms with E-state index < -0.39 is 0 Å². The standard InChI is InChI=1S/C28H34N8O/c1-19(2)24-18-34(17-20-8-13-33(3)14-9-20)28(37)36(24)25-10-15-35-27(32-25)23(16-31-35)21-4-6-22(7-5-21)26-29-11-12-30-26/h4-7,10-12,15-16,19-20,24H,8-9,13-14,17-18H2,1-3H3,(H,29,30). The van der Waals surface area contributed by atoms with E-state index in [-0.39, 0.29) is 12.1 Å². The Kier molecular flexibility index (Phi) is 6.16. The van der Waals surface area contributed by atoms with Crippen LogP contribution in [0.25, 0.3) is 28.2 Å². The summed E-state index contributed by atoms with van der Waals surface area (Å²) in [5.41, 5.74) is 3.72. The predicted octanol–water partition coefficient (Wildman–Crippen LogP) is 4.39. The third-order valence-corrected chi connectivity index (χ3v) is 7.87. The van der Waals surface area contributed by atoms with E-state index >= 15 is 0 Å². The lowest BCUT2D eigenvalue weighted by Crippen LogP contribution is -2.40. The van der Waals surface area contributed by atoms with E-state index in [1.54, 1.807) is 10.7 Å². The number of amides is 2. The Hall–Kier alpha value is -3.72. The molecular weight excluding hydrogens is 464 g/mol. The zero-order valence-electron chi connectivity index (χ0n) is 21.7. The maximum atomic E-state index is 13.7. The van der Waals surface area contributed by atoms with Crippen molar-refractivity contribution < 1.29 is 4.79 Å². The second-order valence-electron chi connectivity index (χ2n) is 10.7. The number of rotatable bonds is 6. The summed E-state index contributed by atoms with van der Waals surface area (Å²) in [6.07, 6.45) is 9.61. The second-order valence-corrected chi connectivity index (χ2v) is 10.7. The number of carbonyl (C=O) groups excluding carboxylic acids is 1. The van der Waals surface area contributed by atoms with Gasteiger partial charge in [0.05, 0.1) is 12.2 Å². The summed E-state index contributed by atoms with van der Waals surface area (Å²) in [5.74, 6) is 2.41. The van der Waals surface area contributed by atoms with E-state index in [9.17, 15) is 4.79 Å². The average Bonchev–Trinajstić information content (AvgIpc) is 3.65. The third kappa shape index (κ3) is 4.48. The number of anilines is 1. The molecule has 2 fully saturated rings. The van der Waals surface area contributed by atoms with Gasteiger partial charge in [0, 0.05) is 42.8 Å². The normalized spacial score (nSPS) is 19.6. The number of H-pyrrole nitrogens is 1. The van der Waals surface area contributed by atoms with Gasteiger partial charge >= 0.3 is 6.03 Å². The molecule has 0 bridgehead atoms. The number of carbonyl (C=O) groups is 1. The van der Waals surface area contributed by atoms with Crippen molar-refractivity contribution in [2.45, 2.75) is 32.7 Å². The van der Waals surface area contributed by atoms with E-state index in [1.165, 1.54) is 0 Å². The summed E-state index contributed by atoms with van der Waals surface area (Å²) in [4.78, 5) is 32.5. The molecule has 0 saturated carbocycles. The zero-order valence-corrected chi connectivity index (χ0v) is 21.7. The largest absolute Gasteiger partial charge is 0.345 e. The fourth-order valence-electron chi connectivity index (χ4n) is 5.59. The maximum Gasteiger partial charge on any atom is 0.326 e. The van der Waals surface area contributed by atoms with Gasteiger partial charge in [0.15, 0.2) is 5.65 Å². The molecule has 1 atom stereocenters. The summed E-state index contributed by atoms with van der Waals surface area (Å²) in [6.45, 7) is 8.16. The number of fused-ring (bicyclic) bond motifs is 1. The molecule has 192 valence electrons. The molecule has 9 heteroatoms. The summed E-state index contributed by atoms with van der Waals surface area (Å²) >= 11 is 0. The van der Waals surface area contributed by atoms with E-state index in [4.69, 9.17) is 4.98 Å². The van der Waals surface area contributed by atoms with Gasteiger partial charge in [-0.1, -0.05) is 38.1 Å². The quantitative estimate of drug-likeness (QED) is 0.426. The van der Waals surface area contributed by atoms with Crippen LogP contribution < -0.4 is 4.90 Å². The molecule has 37 heavy (non-hydrogen) atoms. The molecule has 9 nitrogen and oxygen atoms in total. The minimum absolute atomic E-state index is 0.0679. The van der Waals surface area contributed by atoms with Gasteiger partial charge in [0.2, 0.25) is 0 Å². The molecule has 6 rings (SSSR count). The Bertz CT molecular complexity index is 1370. The lowest BCUT2D eigenvalue weighted by Gasteiger charge is -2.31. The minimum Gasteiger partial charge on any atom is -0.345 e. The van der Waals surface area contributed by atoms with Crippen LogP contribution in [0.15, 0.2) is 55.1 Å². The Morgan fingerprint density at radius 1 is 1.08 bits per heavy atom. The average molecular weight is 499 g/mol. The summed E-state index contributed by atoms with van der Waals surface area (Å²) < 4.78 is 1.78. The smallest absolute Gasteiger partial charge is 0.326 e. The van der Waals surface area contributed by atoms with Crippen molar-refractivity contribution in [2.75, 3.05) is 38.1 Å². The van der Waals surface area contributed by atoms with Gasteiger partial charge in [-0.2, -0.15) is 5.10 Å². The number of aromatic nitrogens is 5. The number of aromatic amines is 1. The molecule has 0 aliphatic carbocycles. The highest BCUT2D eigenvalue weighted by molar-refractivity contribution is 5.94. The summed E-state index contributed by atoms with van der Waals surface area (Å²) in [7, 11) is 2.17. The highest BCUT2D eigenvalue weighted by Crippen LogP contribution is 2.32. The van der Waals surface area contributed by atoms with Gasteiger partial charge in [-0.15, -0.1) is 0 Å². The minimum atomic E-state index is 0.0679. The summed E-state index contributed by atoms with van der Waals surface area (Å²) in [5, 5.41) is 4.52. The van der Waals surface area contributed by atoms with Crippen LogP contribution in [0.1, 0.15) is 26.7 Å². The first-order valence-corrected chi connectivity index (χ1v) is 13.2. The molecule has 3 aromatic heterocycles. The van der Waals surface area contributed by atoms with E-state index in [1.807, 2.05) is 41.7 Å². The molecule has 1 aromatic carbocycles. The maximum absolute atomic E-state index is 13.7. The van der Waals surface area contributed by atoms with Crippen LogP contribution in [0.2, 0.25) is 0 Å². The van der Waals surface area contributed by atoms with Gasteiger partial charge in [-0.05, 0) is 56.4 Å². The predicted molar refractivity (Wildman–Crippen MR) is 144 cm³/mol.